The highest BCUT2D eigenvalue weighted by Gasteiger charge is 2.25. The number of nitrogens with zero attached hydrogens (tertiary/aromatic N) is 1. The molecule has 0 unspecified atom stereocenters. The summed E-state index contributed by atoms with van der Waals surface area (Å²) in [6.45, 7) is -0.109. The van der Waals surface area contributed by atoms with Crippen LogP contribution in [0.5, 0.6) is 0 Å². The van der Waals surface area contributed by atoms with Gasteiger partial charge in [-0.3, -0.25) is 9.59 Å². The molecule has 6 nitrogen and oxygen atoms in total. The summed E-state index contributed by atoms with van der Waals surface area (Å²) in [4.78, 5) is 38.0. The van der Waals surface area contributed by atoms with Gasteiger partial charge in [0.25, 0.3) is 0 Å². The summed E-state index contributed by atoms with van der Waals surface area (Å²) < 4.78 is 4.68. The normalized spacial score (nSPS) is 13.7. The lowest BCUT2D eigenvalue weighted by atomic mass is 10.1. The van der Waals surface area contributed by atoms with Gasteiger partial charge in [-0.15, -0.1) is 11.8 Å². The number of anilines is 1. The highest BCUT2D eigenvalue weighted by Crippen LogP contribution is 2.28. The van der Waals surface area contributed by atoms with E-state index >= 15 is 0 Å². The Morgan fingerprint density at radius 2 is 1.93 bits per heavy atom. The second-order valence-corrected chi connectivity index (χ2v) is 6.64. The highest BCUT2D eigenvalue weighted by atomic mass is 32.2. The Hall–Kier alpha value is -3.06. The Balaban J connectivity index is 1.74. The Morgan fingerprint density at radius 3 is 2.67 bits per heavy atom. The molecule has 3 rings (SSSR count). The van der Waals surface area contributed by atoms with Crippen LogP contribution in [0.25, 0.3) is 5.70 Å². The Kier molecular flexibility index (Phi) is 5.93. The third-order valence-electron chi connectivity index (χ3n) is 3.93. The molecule has 138 valence electrons. The monoisotopic (exact) mass is 382 g/mol. The van der Waals surface area contributed by atoms with E-state index in [1.807, 2.05) is 35.7 Å². The van der Waals surface area contributed by atoms with Crippen molar-refractivity contribution < 1.29 is 19.1 Å². The second kappa shape index (κ2) is 8.55. The molecular formula is C20H18N2O4S. The second-order valence-electron chi connectivity index (χ2n) is 5.78. The molecule has 0 saturated heterocycles. The smallest absolute Gasteiger partial charge is 0.337 e. The molecule has 1 aliphatic rings. The van der Waals surface area contributed by atoms with Gasteiger partial charge in [0.1, 0.15) is 6.54 Å². The number of esters is 1. The van der Waals surface area contributed by atoms with Crippen LogP contribution in [0.1, 0.15) is 15.9 Å². The topological polar surface area (TPSA) is 75.7 Å². The minimum Gasteiger partial charge on any atom is -0.465 e. The molecular weight excluding hydrogens is 364 g/mol. The van der Waals surface area contributed by atoms with E-state index in [0.717, 1.165) is 5.56 Å². The van der Waals surface area contributed by atoms with E-state index in [1.54, 1.807) is 18.2 Å². The molecule has 2 aromatic carbocycles. The van der Waals surface area contributed by atoms with Crippen molar-refractivity contribution in [1.82, 2.24) is 4.90 Å². The number of hydrogen-bond acceptors (Lipinski definition) is 5. The lowest BCUT2D eigenvalue weighted by molar-refractivity contribution is -0.129. The third-order valence-corrected chi connectivity index (χ3v) is 4.74. The van der Waals surface area contributed by atoms with Crippen LogP contribution >= 0.6 is 11.8 Å². The first-order valence-electron chi connectivity index (χ1n) is 8.24. The average Bonchev–Trinajstić information content (AvgIpc) is 2.69. The molecule has 0 atom stereocenters. The minimum atomic E-state index is -0.483. The van der Waals surface area contributed by atoms with E-state index < -0.39 is 5.97 Å². The van der Waals surface area contributed by atoms with Crippen molar-refractivity contribution in [3.8, 4) is 0 Å². The van der Waals surface area contributed by atoms with E-state index in [9.17, 15) is 14.4 Å². The fourth-order valence-corrected chi connectivity index (χ4v) is 3.46. The molecule has 7 heteroatoms. The van der Waals surface area contributed by atoms with Crippen molar-refractivity contribution in [2.45, 2.75) is 0 Å². The molecule has 0 aromatic heterocycles. The molecule has 0 aliphatic carbocycles. The number of benzene rings is 2. The molecule has 1 aliphatic heterocycles. The standard InChI is InChI=1S/C20H18N2O4S/c1-26-20(25)15-8-5-9-16(10-15)21-18(23)11-22-17(12-27-13-19(22)24)14-6-3-2-4-7-14/h2-10,12H,11,13H2,1H3,(H,21,23). The van der Waals surface area contributed by atoms with Crippen LogP contribution in [-0.2, 0) is 14.3 Å². The van der Waals surface area contributed by atoms with Gasteiger partial charge in [0, 0.05) is 5.69 Å². The number of ether oxygens (including phenoxy) is 1. The highest BCUT2D eigenvalue weighted by molar-refractivity contribution is 8.03. The van der Waals surface area contributed by atoms with Gasteiger partial charge < -0.3 is 15.0 Å². The van der Waals surface area contributed by atoms with Gasteiger partial charge in [-0.05, 0) is 29.2 Å². The SMILES string of the molecule is COC(=O)c1cccc(NC(=O)CN2C(=O)CSC=C2c2ccccc2)c1. The number of carbonyl (C=O) groups excluding carboxylic acids is 3. The van der Waals surface area contributed by atoms with Crippen LogP contribution in [0.15, 0.2) is 60.0 Å². The number of thioether (sulfide) groups is 1. The van der Waals surface area contributed by atoms with E-state index in [2.05, 4.69) is 10.1 Å². The zero-order valence-electron chi connectivity index (χ0n) is 14.7. The number of nitrogens with one attached hydrogen (secondary N) is 1. The Bertz CT molecular complexity index is 896. The molecule has 0 saturated carbocycles. The lowest BCUT2D eigenvalue weighted by Crippen LogP contribution is -2.39. The summed E-state index contributed by atoms with van der Waals surface area (Å²) in [5.41, 5.74) is 2.38. The van der Waals surface area contributed by atoms with Crippen molar-refractivity contribution in [1.29, 1.82) is 0 Å². The molecule has 1 N–H and O–H groups in total. The van der Waals surface area contributed by atoms with E-state index in [0.29, 0.717) is 22.7 Å². The maximum absolute atomic E-state index is 12.5. The van der Waals surface area contributed by atoms with Gasteiger partial charge in [0.15, 0.2) is 0 Å². The first-order chi connectivity index (χ1) is 13.1. The molecule has 0 fully saturated rings. The number of amides is 2. The molecule has 0 bridgehead atoms. The molecule has 1 heterocycles. The van der Waals surface area contributed by atoms with Crippen molar-refractivity contribution in [3.05, 3.63) is 71.1 Å². The maximum atomic E-state index is 12.5. The summed E-state index contributed by atoms with van der Waals surface area (Å²) >= 11 is 1.41. The summed E-state index contributed by atoms with van der Waals surface area (Å²) in [5, 5.41) is 4.62. The van der Waals surface area contributed by atoms with Crippen molar-refractivity contribution in [3.63, 3.8) is 0 Å². The predicted octanol–water partition coefficient (Wildman–Crippen LogP) is 2.99. The van der Waals surface area contributed by atoms with Gasteiger partial charge in [0.2, 0.25) is 11.8 Å². The van der Waals surface area contributed by atoms with Crippen molar-refractivity contribution >= 4 is 40.9 Å². The Labute approximate surface area is 161 Å². The van der Waals surface area contributed by atoms with Crippen LogP contribution in [-0.4, -0.2) is 42.1 Å². The maximum Gasteiger partial charge on any atom is 0.337 e. The van der Waals surface area contributed by atoms with Gasteiger partial charge in [-0.2, -0.15) is 0 Å². The van der Waals surface area contributed by atoms with Crippen LogP contribution in [0.2, 0.25) is 0 Å². The fourth-order valence-electron chi connectivity index (χ4n) is 2.66. The number of hydrogen-bond donors (Lipinski definition) is 1. The molecule has 2 aromatic rings. The van der Waals surface area contributed by atoms with Crippen LogP contribution < -0.4 is 5.32 Å². The number of rotatable bonds is 5. The quantitative estimate of drug-likeness (QED) is 0.805. The van der Waals surface area contributed by atoms with Gasteiger partial charge in [-0.1, -0.05) is 36.4 Å². The van der Waals surface area contributed by atoms with Gasteiger partial charge in [-0.25, -0.2) is 4.79 Å². The summed E-state index contributed by atoms with van der Waals surface area (Å²) in [6.07, 6.45) is 0. The van der Waals surface area contributed by atoms with Gasteiger partial charge in [0.05, 0.1) is 24.1 Å². The number of carbonyl (C=O) groups is 3. The number of methoxy groups -OCH3 is 1. The zero-order chi connectivity index (χ0) is 19.2. The molecule has 0 spiro atoms. The van der Waals surface area contributed by atoms with Crippen LogP contribution in [0.3, 0.4) is 0 Å². The van der Waals surface area contributed by atoms with Crippen LogP contribution in [0.4, 0.5) is 5.69 Å². The first-order valence-corrected chi connectivity index (χ1v) is 9.29. The zero-order valence-corrected chi connectivity index (χ0v) is 15.5. The predicted molar refractivity (Wildman–Crippen MR) is 105 cm³/mol. The van der Waals surface area contributed by atoms with E-state index in [4.69, 9.17) is 0 Å². The molecule has 2 amide bonds. The van der Waals surface area contributed by atoms with Crippen molar-refractivity contribution in [2.75, 3.05) is 24.7 Å². The van der Waals surface area contributed by atoms with Crippen molar-refractivity contribution in [2.24, 2.45) is 0 Å². The van der Waals surface area contributed by atoms with Crippen LogP contribution in [0, 0.1) is 0 Å². The Morgan fingerprint density at radius 1 is 1.15 bits per heavy atom. The lowest BCUT2D eigenvalue weighted by Gasteiger charge is -2.28. The minimum absolute atomic E-state index is 0.109. The summed E-state index contributed by atoms with van der Waals surface area (Å²) in [7, 11) is 1.30. The van der Waals surface area contributed by atoms with E-state index in [1.165, 1.54) is 29.8 Å². The summed E-state index contributed by atoms with van der Waals surface area (Å²) in [6, 6.07) is 15.9. The van der Waals surface area contributed by atoms with Gasteiger partial charge >= 0.3 is 5.97 Å². The summed E-state index contributed by atoms with van der Waals surface area (Å²) in [5.74, 6) is -0.663. The first kappa shape index (κ1) is 18.7. The molecule has 27 heavy (non-hydrogen) atoms. The van der Waals surface area contributed by atoms with E-state index in [-0.39, 0.29) is 18.4 Å². The molecule has 0 radical (unpaired) electrons. The third kappa shape index (κ3) is 4.57. The largest absolute Gasteiger partial charge is 0.465 e. The fraction of sp³-hybridized carbons (Fsp3) is 0.150. The average molecular weight is 382 g/mol.